The van der Waals surface area contributed by atoms with Crippen molar-refractivity contribution in [2.75, 3.05) is 32.8 Å². The smallest absolute Gasteiger partial charge is 0.245 e. The van der Waals surface area contributed by atoms with E-state index in [-0.39, 0.29) is 11.9 Å². The molecule has 1 fully saturated rings. The summed E-state index contributed by atoms with van der Waals surface area (Å²) in [5.74, 6) is -0.0729. The van der Waals surface area contributed by atoms with Crippen LogP contribution in [0.15, 0.2) is 36.7 Å². The van der Waals surface area contributed by atoms with Crippen LogP contribution in [0.1, 0.15) is 18.5 Å². The molecule has 1 amide bonds. The Labute approximate surface area is 147 Å². The van der Waals surface area contributed by atoms with Gasteiger partial charge >= 0.3 is 0 Å². The lowest BCUT2D eigenvalue weighted by Gasteiger charge is -2.32. The average molecular weight is 344 g/mol. The van der Waals surface area contributed by atoms with Gasteiger partial charge in [0.1, 0.15) is 12.4 Å². The standard InChI is InChI=1S/C17H24N6O2/c1-14(22-7-9-25-10-8-22)12-18-17(24)16(23-13-19-20-21-23)11-15-5-3-2-4-6-15/h2-6,13-14,16H,7-12H2,1H3,(H,18,24). The fourth-order valence-corrected chi connectivity index (χ4v) is 2.97. The van der Waals surface area contributed by atoms with Crippen LogP contribution in [-0.2, 0) is 16.0 Å². The largest absolute Gasteiger partial charge is 0.379 e. The number of amides is 1. The summed E-state index contributed by atoms with van der Waals surface area (Å²) < 4.78 is 6.89. The number of aromatic nitrogens is 4. The number of ether oxygens (including phenoxy) is 1. The molecule has 0 radical (unpaired) electrons. The molecule has 25 heavy (non-hydrogen) atoms. The van der Waals surface area contributed by atoms with Crippen molar-refractivity contribution in [3.63, 3.8) is 0 Å². The molecule has 1 saturated heterocycles. The zero-order valence-corrected chi connectivity index (χ0v) is 14.4. The lowest BCUT2D eigenvalue weighted by atomic mass is 10.1. The minimum Gasteiger partial charge on any atom is -0.379 e. The highest BCUT2D eigenvalue weighted by atomic mass is 16.5. The van der Waals surface area contributed by atoms with Gasteiger partial charge in [0.15, 0.2) is 0 Å². The highest BCUT2D eigenvalue weighted by molar-refractivity contribution is 5.80. The van der Waals surface area contributed by atoms with Crippen LogP contribution in [0.2, 0.25) is 0 Å². The van der Waals surface area contributed by atoms with Gasteiger partial charge in [0.05, 0.1) is 13.2 Å². The topological polar surface area (TPSA) is 85.2 Å². The summed E-state index contributed by atoms with van der Waals surface area (Å²) in [5, 5.41) is 14.3. The Morgan fingerprint density at radius 1 is 1.28 bits per heavy atom. The first-order valence-electron chi connectivity index (χ1n) is 8.60. The summed E-state index contributed by atoms with van der Waals surface area (Å²) in [6, 6.07) is 9.68. The summed E-state index contributed by atoms with van der Waals surface area (Å²) in [4.78, 5) is 15.1. The fourth-order valence-electron chi connectivity index (χ4n) is 2.97. The summed E-state index contributed by atoms with van der Waals surface area (Å²) in [6.07, 6.45) is 2.03. The van der Waals surface area contributed by atoms with Crippen molar-refractivity contribution in [1.82, 2.24) is 30.4 Å². The molecule has 0 bridgehead atoms. The predicted molar refractivity (Wildman–Crippen MR) is 91.9 cm³/mol. The van der Waals surface area contributed by atoms with Gasteiger partial charge in [-0.2, -0.15) is 0 Å². The van der Waals surface area contributed by atoms with E-state index in [0.717, 1.165) is 31.9 Å². The molecule has 0 aliphatic carbocycles. The third-order valence-electron chi connectivity index (χ3n) is 4.50. The maximum Gasteiger partial charge on any atom is 0.245 e. The molecule has 2 heterocycles. The van der Waals surface area contributed by atoms with Crippen molar-refractivity contribution in [2.45, 2.75) is 25.4 Å². The van der Waals surface area contributed by atoms with Crippen molar-refractivity contribution in [3.8, 4) is 0 Å². The van der Waals surface area contributed by atoms with Crippen LogP contribution < -0.4 is 5.32 Å². The molecular formula is C17H24N6O2. The van der Waals surface area contributed by atoms with Gasteiger partial charge in [-0.05, 0) is 22.9 Å². The van der Waals surface area contributed by atoms with Gasteiger partial charge in [-0.1, -0.05) is 30.3 Å². The molecule has 1 aliphatic rings. The van der Waals surface area contributed by atoms with E-state index in [2.05, 4.69) is 32.7 Å². The number of carbonyl (C=O) groups is 1. The first-order chi connectivity index (χ1) is 12.2. The Morgan fingerprint density at radius 3 is 2.72 bits per heavy atom. The highest BCUT2D eigenvalue weighted by Gasteiger charge is 2.24. The second-order valence-corrected chi connectivity index (χ2v) is 6.24. The van der Waals surface area contributed by atoms with Gasteiger partial charge in [-0.3, -0.25) is 9.69 Å². The van der Waals surface area contributed by atoms with Crippen LogP contribution in [0, 0.1) is 0 Å². The number of rotatable bonds is 7. The quantitative estimate of drug-likeness (QED) is 0.777. The van der Waals surface area contributed by atoms with Crippen molar-refractivity contribution >= 4 is 5.91 Å². The van der Waals surface area contributed by atoms with Gasteiger partial charge in [-0.25, -0.2) is 4.68 Å². The summed E-state index contributed by atoms with van der Waals surface area (Å²) in [6.45, 7) is 6.01. The monoisotopic (exact) mass is 344 g/mol. The number of hydrogen-bond acceptors (Lipinski definition) is 6. The summed E-state index contributed by atoms with van der Waals surface area (Å²) in [7, 11) is 0. The van der Waals surface area contributed by atoms with Crippen LogP contribution in [0.3, 0.4) is 0 Å². The van der Waals surface area contributed by atoms with E-state index in [9.17, 15) is 4.79 Å². The Bertz CT molecular complexity index is 642. The first kappa shape index (κ1) is 17.5. The normalized spacial score (nSPS) is 17.8. The second-order valence-electron chi connectivity index (χ2n) is 6.24. The molecule has 134 valence electrons. The summed E-state index contributed by atoms with van der Waals surface area (Å²) >= 11 is 0. The molecule has 1 aliphatic heterocycles. The number of nitrogens with zero attached hydrogens (tertiary/aromatic N) is 5. The number of benzene rings is 1. The lowest BCUT2D eigenvalue weighted by Crippen LogP contribution is -2.48. The van der Waals surface area contributed by atoms with E-state index in [4.69, 9.17) is 4.74 Å². The molecule has 1 aromatic carbocycles. The molecule has 8 heteroatoms. The molecule has 3 rings (SSSR count). The number of morpholine rings is 1. The van der Waals surface area contributed by atoms with Gasteiger partial charge in [0.25, 0.3) is 0 Å². The minimum atomic E-state index is -0.464. The number of nitrogens with one attached hydrogen (secondary N) is 1. The number of tetrazole rings is 1. The van der Waals surface area contributed by atoms with Crippen molar-refractivity contribution < 1.29 is 9.53 Å². The molecule has 2 atom stereocenters. The van der Waals surface area contributed by atoms with Crippen LogP contribution in [-0.4, -0.2) is 69.9 Å². The third-order valence-corrected chi connectivity index (χ3v) is 4.50. The van der Waals surface area contributed by atoms with Crippen molar-refractivity contribution in [2.24, 2.45) is 0 Å². The maximum absolute atomic E-state index is 12.8. The Hall–Kier alpha value is -2.32. The van der Waals surface area contributed by atoms with Gasteiger partial charge < -0.3 is 10.1 Å². The average Bonchev–Trinajstić information content (AvgIpc) is 3.20. The first-order valence-corrected chi connectivity index (χ1v) is 8.60. The molecule has 1 aromatic heterocycles. The Balaban J connectivity index is 1.61. The molecule has 8 nitrogen and oxygen atoms in total. The van der Waals surface area contributed by atoms with Gasteiger partial charge in [0.2, 0.25) is 5.91 Å². The van der Waals surface area contributed by atoms with E-state index < -0.39 is 6.04 Å². The molecule has 2 aromatic rings. The molecule has 0 saturated carbocycles. The van der Waals surface area contributed by atoms with E-state index in [1.165, 1.54) is 11.0 Å². The Kier molecular flexibility index (Phi) is 6.08. The van der Waals surface area contributed by atoms with E-state index in [1.807, 2.05) is 30.3 Å². The van der Waals surface area contributed by atoms with Crippen LogP contribution in [0.5, 0.6) is 0 Å². The Morgan fingerprint density at radius 2 is 2.04 bits per heavy atom. The number of carbonyl (C=O) groups excluding carboxylic acids is 1. The summed E-state index contributed by atoms with van der Waals surface area (Å²) in [5.41, 5.74) is 1.07. The van der Waals surface area contributed by atoms with E-state index >= 15 is 0 Å². The van der Waals surface area contributed by atoms with E-state index in [0.29, 0.717) is 13.0 Å². The maximum atomic E-state index is 12.8. The fraction of sp³-hybridized carbons (Fsp3) is 0.529. The highest BCUT2D eigenvalue weighted by Crippen LogP contribution is 2.13. The zero-order chi connectivity index (χ0) is 17.5. The van der Waals surface area contributed by atoms with Gasteiger partial charge in [0, 0.05) is 32.1 Å². The zero-order valence-electron chi connectivity index (χ0n) is 14.4. The van der Waals surface area contributed by atoms with Crippen molar-refractivity contribution in [3.05, 3.63) is 42.2 Å². The molecular weight excluding hydrogens is 320 g/mol. The van der Waals surface area contributed by atoms with Gasteiger partial charge in [-0.15, -0.1) is 5.10 Å². The third kappa shape index (κ3) is 4.83. The van der Waals surface area contributed by atoms with Crippen LogP contribution in [0.4, 0.5) is 0 Å². The minimum absolute atomic E-state index is 0.0729. The SMILES string of the molecule is CC(CNC(=O)C(Cc1ccccc1)n1cnnn1)N1CCOCC1. The lowest BCUT2D eigenvalue weighted by molar-refractivity contribution is -0.125. The molecule has 1 N–H and O–H groups in total. The van der Waals surface area contributed by atoms with Crippen LogP contribution in [0.25, 0.3) is 0 Å². The molecule has 2 unspecified atom stereocenters. The van der Waals surface area contributed by atoms with Crippen molar-refractivity contribution in [1.29, 1.82) is 0 Å². The molecule has 0 spiro atoms. The van der Waals surface area contributed by atoms with E-state index in [1.54, 1.807) is 0 Å². The number of hydrogen-bond donors (Lipinski definition) is 1. The predicted octanol–water partition coefficient (Wildman–Crippen LogP) is 0.294. The van der Waals surface area contributed by atoms with Crippen LogP contribution >= 0.6 is 0 Å². The second kappa shape index (κ2) is 8.68.